The Hall–Kier alpha value is -0.910. The molecule has 0 amide bonds. The van der Waals surface area contributed by atoms with Crippen LogP contribution in [0, 0.1) is 11.3 Å². The van der Waals surface area contributed by atoms with E-state index < -0.39 is 0 Å². The van der Waals surface area contributed by atoms with Crippen molar-refractivity contribution < 1.29 is 5.11 Å². The Bertz CT molecular complexity index is 552. The molecule has 1 aromatic heterocycles. The number of aliphatic hydroxyl groups excluding tert-OH is 1. The molecule has 1 spiro atoms. The second kappa shape index (κ2) is 5.05. The van der Waals surface area contributed by atoms with E-state index in [0.29, 0.717) is 23.4 Å². The summed E-state index contributed by atoms with van der Waals surface area (Å²) in [6.45, 7) is 6.79. The Morgan fingerprint density at radius 3 is 2.95 bits per heavy atom. The zero-order valence-electron chi connectivity index (χ0n) is 13.9. The Kier molecular flexibility index (Phi) is 3.36. The van der Waals surface area contributed by atoms with E-state index >= 15 is 0 Å². The van der Waals surface area contributed by atoms with Crippen LogP contribution in [0.5, 0.6) is 0 Å². The van der Waals surface area contributed by atoms with E-state index in [1.165, 1.54) is 0 Å². The summed E-state index contributed by atoms with van der Waals surface area (Å²) in [5.41, 5.74) is 0.314. The zero-order chi connectivity index (χ0) is 15.5. The molecule has 1 aromatic rings. The van der Waals surface area contributed by atoms with E-state index in [9.17, 15) is 5.11 Å². The van der Waals surface area contributed by atoms with Crippen molar-refractivity contribution in [3.05, 3.63) is 18.2 Å². The molecule has 3 heterocycles. The van der Waals surface area contributed by atoms with Gasteiger partial charge in [0, 0.05) is 43.0 Å². The van der Waals surface area contributed by atoms with Crippen LogP contribution in [-0.2, 0) is 6.54 Å². The van der Waals surface area contributed by atoms with Crippen LogP contribution >= 0.6 is 0 Å². The first-order valence-electron chi connectivity index (χ1n) is 8.65. The Morgan fingerprint density at radius 1 is 1.41 bits per heavy atom. The number of aromatic nitrogens is 2. The molecule has 0 bridgehead atoms. The topological polar surface area (TPSA) is 53.3 Å². The Labute approximate surface area is 132 Å². The quantitative estimate of drug-likeness (QED) is 0.886. The summed E-state index contributed by atoms with van der Waals surface area (Å²) in [4.78, 5) is 6.94. The summed E-state index contributed by atoms with van der Waals surface area (Å²) < 4.78 is 2.23. The minimum Gasteiger partial charge on any atom is -0.391 e. The lowest BCUT2D eigenvalue weighted by atomic mass is 9.66. The average Bonchev–Trinajstić information content (AvgIpc) is 3.07. The second-order valence-corrected chi connectivity index (χ2v) is 8.04. The van der Waals surface area contributed by atoms with Crippen molar-refractivity contribution in [2.45, 2.75) is 63.9 Å². The highest BCUT2D eigenvalue weighted by Gasteiger charge is 2.58. The number of likely N-dealkylation sites (tertiary alicyclic amines) is 1. The molecule has 2 fully saturated rings. The number of hydrogen-bond donors (Lipinski definition) is 2. The van der Waals surface area contributed by atoms with Gasteiger partial charge in [-0.15, -0.1) is 0 Å². The molecule has 5 atom stereocenters. The number of fused-ring (bicyclic) bond motifs is 1. The minimum absolute atomic E-state index is 0.211. The SMILES string of the molecule is CC(C)C1N(C)CC12C[C@@H](O)[C@H](NC1CCn3ccnc31)C2. The maximum Gasteiger partial charge on any atom is 0.125 e. The molecule has 1 saturated heterocycles. The van der Waals surface area contributed by atoms with Crippen LogP contribution in [0.1, 0.15) is 45.0 Å². The summed E-state index contributed by atoms with van der Waals surface area (Å²) in [6, 6.07) is 1.13. The first-order valence-corrected chi connectivity index (χ1v) is 8.65. The van der Waals surface area contributed by atoms with Gasteiger partial charge in [-0.1, -0.05) is 13.8 Å². The largest absolute Gasteiger partial charge is 0.391 e. The van der Waals surface area contributed by atoms with Gasteiger partial charge in [-0.3, -0.25) is 0 Å². The molecule has 0 aromatic carbocycles. The molecule has 0 radical (unpaired) electrons. The van der Waals surface area contributed by atoms with Gasteiger partial charge in [-0.2, -0.15) is 0 Å². The zero-order valence-corrected chi connectivity index (χ0v) is 13.9. The summed E-state index contributed by atoms with van der Waals surface area (Å²) in [5, 5.41) is 14.3. The molecule has 22 heavy (non-hydrogen) atoms. The van der Waals surface area contributed by atoms with E-state index in [1.807, 2.05) is 6.20 Å². The highest BCUT2D eigenvalue weighted by molar-refractivity contribution is 5.13. The molecular formula is C17H28N4O. The van der Waals surface area contributed by atoms with Gasteiger partial charge in [0.1, 0.15) is 5.82 Å². The van der Waals surface area contributed by atoms with Crippen LogP contribution in [0.25, 0.3) is 0 Å². The van der Waals surface area contributed by atoms with Crippen LogP contribution in [0.4, 0.5) is 0 Å². The summed E-state index contributed by atoms with van der Waals surface area (Å²) >= 11 is 0. The van der Waals surface area contributed by atoms with Gasteiger partial charge in [0.25, 0.3) is 0 Å². The van der Waals surface area contributed by atoms with Crippen LogP contribution in [0.2, 0.25) is 0 Å². The maximum absolute atomic E-state index is 10.6. The monoisotopic (exact) mass is 304 g/mol. The lowest BCUT2D eigenvalue weighted by Gasteiger charge is -2.57. The highest BCUT2D eigenvalue weighted by atomic mass is 16.3. The average molecular weight is 304 g/mol. The van der Waals surface area contributed by atoms with Gasteiger partial charge >= 0.3 is 0 Å². The number of rotatable bonds is 3. The van der Waals surface area contributed by atoms with Crippen molar-refractivity contribution in [3.63, 3.8) is 0 Å². The van der Waals surface area contributed by atoms with Crippen molar-refractivity contribution >= 4 is 0 Å². The first kappa shape index (κ1) is 14.7. The normalized spacial score (nSPS) is 41.3. The number of nitrogens with zero attached hydrogens (tertiary/aromatic N) is 3. The molecule has 2 aliphatic heterocycles. The standard InChI is InChI=1S/C17H28N4O/c1-11(2)15-17(10-20(15)3)8-13(14(22)9-17)19-12-4-6-21-7-5-18-16(12)21/h5,7,11-15,19,22H,4,6,8-10H2,1-3H3/t12?,13-,14-,15?,17?/m1/s1. The summed E-state index contributed by atoms with van der Waals surface area (Å²) in [6.07, 6.45) is 6.84. The van der Waals surface area contributed by atoms with E-state index in [4.69, 9.17) is 0 Å². The number of aryl methyl sites for hydroxylation is 1. The predicted molar refractivity (Wildman–Crippen MR) is 85.4 cm³/mol. The first-order chi connectivity index (χ1) is 10.5. The van der Waals surface area contributed by atoms with Gasteiger partial charge in [0.15, 0.2) is 0 Å². The van der Waals surface area contributed by atoms with Gasteiger partial charge < -0.3 is 19.9 Å². The van der Waals surface area contributed by atoms with Crippen LogP contribution < -0.4 is 5.32 Å². The molecule has 3 aliphatic rings. The molecule has 3 unspecified atom stereocenters. The molecule has 5 heteroatoms. The van der Waals surface area contributed by atoms with Crippen molar-refractivity contribution in [1.29, 1.82) is 0 Å². The number of aliphatic hydroxyl groups is 1. The second-order valence-electron chi connectivity index (χ2n) is 8.04. The fourth-order valence-corrected chi connectivity index (χ4v) is 5.65. The maximum atomic E-state index is 10.6. The third-order valence-electron chi connectivity index (χ3n) is 6.14. The lowest BCUT2D eigenvalue weighted by molar-refractivity contribution is -0.0828. The molecule has 5 nitrogen and oxygen atoms in total. The van der Waals surface area contributed by atoms with Crippen LogP contribution in [-0.4, -0.2) is 51.3 Å². The van der Waals surface area contributed by atoms with Crippen molar-refractivity contribution in [3.8, 4) is 0 Å². The Morgan fingerprint density at radius 2 is 2.23 bits per heavy atom. The highest BCUT2D eigenvalue weighted by Crippen LogP contribution is 2.52. The molecule has 4 rings (SSSR count). The third kappa shape index (κ3) is 2.06. The third-order valence-corrected chi connectivity index (χ3v) is 6.14. The molecular weight excluding hydrogens is 276 g/mol. The van der Waals surface area contributed by atoms with Crippen molar-refractivity contribution in [1.82, 2.24) is 19.8 Å². The Balaban J connectivity index is 1.47. The van der Waals surface area contributed by atoms with Gasteiger partial charge in [-0.05, 0) is 32.2 Å². The van der Waals surface area contributed by atoms with Gasteiger partial charge in [-0.25, -0.2) is 4.98 Å². The molecule has 1 saturated carbocycles. The van der Waals surface area contributed by atoms with E-state index in [0.717, 1.165) is 38.2 Å². The number of nitrogens with one attached hydrogen (secondary N) is 1. The van der Waals surface area contributed by atoms with Crippen LogP contribution in [0.3, 0.4) is 0 Å². The van der Waals surface area contributed by atoms with E-state index in [2.05, 4.69) is 46.9 Å². The number of imidazole rings is 1. The van der Waals surface area contributed by atoms with Crippen molar-refractivity contribution in [2.24, 2.45) is 11.3 Å². The lowest BCUT2D eigenvalue weighted by Crippen LogP contribution is -2.64. The van der Waals surface area contributed by atoms with Gasteiger partial charge in [0.05, 0.1) is 12.1 Å². The molecule has 2 N–H and O–H groups in total. The summed E-state index contributed by atoms with van der Waals surface area (Å²) in [5.74, 6) is 1.79. The number of hydrogen-bond acceptors (Lipinski definition) is 4. The van der Waals surface area contributed by atoms with E-state index in [1.54, 1.807) is 0 Å². The van der Waals surface area contributed by atoms with Crippen LogP contribution in [0.15, 0.2) is 12.4 Å². The summed E-state index contributed by atoms with van der Waals surface area (Å²) in [7, 11) is 2.22. The minimum atomic E-state index is -0.223. The fourth-order valence-electron chi connectivity index (χ4n) is 5.65. The predicted octanol–water partition coefficient (Wildman–Crippen LogP) is 1.40. The van der Waals surface area contributed by atoms with Gasteiger partial charge in [0.2, 0.25) is 0 Å². The molecule has 1 aliphatic carbocycles. The fraction of sp³-hybridized carbons (Fsp3) is 0.824. The van der Waals surface area contributed by atoms with Crippen molar-refractivity contribution in [2.75, 3.05) is 13.6 Å². The van der Waals surface area contributed by atoms with E-state index in [-0.39, 0.29) is 12.1 Å². The smallest absolute Gasteiger partial charge is 0.125 e. The molecule has 122 valence electrons.